The van der Waals surface area contributed by atoms with Gasteiger partial charge in [0.2, 0.25) is 5.91 Å². The lowest BCUT2D eigenvalue weighted by atomic mass is 10.0. The quantitative estimate of drug-likeness (QED) is 0.534. The van der Waals surface area contributed by atoms with E-state index in [1.54, 1.807) is 19.3 Å². The number of hydrogen-bond donors (Lipinski definition) is 0. The van der Waals surface area contributed by atoms with E-state index in [0.29, 0.717) is 30.8 Å². The van der Waals surface area contributed by atoms with Crippen molar-refractivity contribution < 1.29 is 9.59 Å². The lowest BCUT2D eigenvalue weighted by molar-refractivity contribution is -0.129. The van der Waals surface area contributed by atoms with Crippen LogP contribution in [0.5, 0.6) is 0 Å². The number of amides is 1. The number of thiazole rings is 1. The maximum atomic E-state index is 12.7. The van der Waals surface area contributed by atoms with Crippen LogP contribution in [0.4, 0.5) is 5.13 Å². The van der Waals surface area contributed by atoms with Crippen LogP contribution in [-0.4, -0.2) is 57.7 Å². The van der Waals surface area contributed by atoms with Crippen LogP contribution in [-0.2, 0) is 11.2 Å². The van der Waals surface area contributed by atoms with Gasteiger partial charge >= 0.3 is 0 Å². The van der Waals surface area contributed by atoms with Gasteiger partial charge in [0.25, 0.3) is 0 Å². The number of carbonyl (C=O) groups is 2. The largest absolute Gasteiger partial charge is 0.345 e. The molecule has 4 rings (SSSR count). The average Bonchev–Trinajstić information content (AvgIpc) is 3.28. The molecular formula is C24H27N5O2S. The molecule has 0 N–H and O–H groups in total. The summed E-state index contributed by atoms with van der Waals surface area (Å²) in [5.74, 6) is 0.205. The van der Waals surface area contributed by atoms with Gasteiger partial charge in [0.1, 0.15) is 0 Å². The SMILES string of the molecule is CC(=O)N1CCN(c2ncc(C(=O)CCc3cnc(-c4ccnc(C)c4)c(C)c3)s2)CC1. The number of aromatic nitrogens is 3. The zero-order chi connectivity index (χ0) is 22.7. The van der Waals surface area contributed by atoms with Crippen LogP contribution in [0.3, 0.4) is 0 Å². The van der Waals surface area contributed by atoms with Crippen LogP contribution >= 0.6 is 11.3 Å². The number of aryl methyl sites for hydroxylation is 3. The van der Waals surface area contributed by atoms with Gasteiger partial charge in [-0.2, -0.15) is 0 Å². The summed E-state index contributed by atoms with van der Waals surface area (Å²) in [6, 6.07) is 6.10. The van der Waals surface area contributed by atoms with Crippen molar-refractivity contribution in [3.63, 3.8) is 0 Å². The molecule has 4 heterocycles. The first kappa shape index (κ1) is 22.1. The van der Waals surface area contributed by atoms with E-state index in [2.05, 4.69) is 25.9 Å². The molecule has 1 aliphatic rings. The van der Waals surface area contributed by atoms with E-state index in [-0.39, 0.29) is 11.7 Å². The molecule has 0 spiro atoms. The lowest BCUT2D eigenvalue weighted by Crippen LogP contribution is -2.48. The minimum atomic E-state index is 0.0996. The van der Waals surface area contributed by atoms with Crippen molar-refractivity contribution in [2.45, 2.75) is 33.6 Å². The third-order valence-corrected chi connectivity index (χ3v) is 6.81. The molecule has 0 saturated carbocycles. The summed E-state index contributed by atoms with van der Waals surface area (Å²) >= 11 is 1.44. The highest BCUT2D eigenvalue weighted by Crippen LogP contribution is 2.26. The highest BCUT2D eigenvalue weighted by Gasteiger charge is 2.22. The summed E-state index contributed by atoms with van der Waals surface area (Å²) in [7, 11) is 0. The fourth-order valence-corrected chi connectivity index (χ4v) is 4.83. The number of Topliss-reactive ketones (excluding diaryl/α,β-unsaturated/α-hetero) is 1. The summed E-state index contributed by atoms with van der Waals surface area (Å²) in [4.78, 5) is 42.2. The monoisotopic (exact) mass is 449 g/mol. The Morgan fingerprint density at radius 1 is 1.03 bits per heavy atom. The Labute approximate surface area is 192 Å². The van der Waals surface area contributed by atoms with Crippen molar-refractivity contribution in [3.05, 3.63) is 58.5 Å². The van der Waals surface area contributed by atoms with Crippen LogP contribution in [0.25, 0.3) is 11.3 Å². The van der Waals surface area contributed by atoms with Crippen molar-refractivity contribution >= 4 is 28.2 Å². The number of rotatable bonds is 6. The molecule has 1 fully saturated rings. The third-order valence-electron chi connectivity index (χ3n) is 5.71. The Bertz CT molecular complexity index is 1130. The zero-order valence-electron chi connectivity index (χ0n) is 18.7. The summed E-state index contributed by atoms with van der Waals surface area (Å²) < 4.78 is 0. The fourth-order valence-electron chi connectivity index (χ4n) is 3.90. The fraction of sp³-hybridized carbons (Fsp3) is 0.375. The summed E-state index contributed by atoms with van der Waals surface area (Å²) in [5, 5.41) is 0.853. The van der Waals surface area contributed by atoms with E-state index < -0.39 is 0 Å². The molecular weight excluding hydrogens is 422 g/mol. The van der Waals surface area contributed by atoms with Gasteiger partial charge in [0.15, 0.2) is 10.9 Å². The molecule has 0 atom stereocenters. The first-order valence-corrected chi connectivity index (χ1v) is 11.6. The van der Waals surface area contributed by atoms with E-state index >= 15 is 0 Å². The molecule has 0 aromatic carbocycles. The number of carbonyl (C=O) groups excluding carboxylic acids is 2. The van der Waals surface area contributed by atoms with Gasteiger partial charge < -0.3 is 9.80 Å². The van der Waals surface area contributed by atoms with E-state index in [4.69, 9.17) is 0 Å². The van der Waals surface area contributed by atoms with Crippen molar-refractivity contribution in [2.75, 3.05) is 31.1 Å². The molecule has 32 heavy (non-hydrogen) atoms. The van der Waals surface area contributed by atoms with Gasteiger partial charge in [-0.25, -0.2) is 4.98 Å². The second kappa shape index (κ2) is 9.56. The van der Waals surface area contributed by atoms with Crippen LogP contribution in [0.1, 0.15) is 39.8 Å². The van der Waals surface area contributed by atoms with Crippen molar-refractivity contribution in [1.82, 2.24) is 19.9 Å². The van der Waals surface area contributed by atoms with Gasteiger partial charge in [-0.05, 0) is 43.5 Å². The van der Waals surface area contributed by atoms with Crippen molar-refractivity contribution in [2.24, 2.45) is 0 Å². The molecule has 1 amide bonds. The maximum Gasteiger partial charge on any atom is 0.219 e. The Balaban J connectivity index is 1.35. The average molecular weight is 450 g/mol. The predicted molar refractivity (Wildman–Crippen MR) is 126 cm³/mol. The Kier molecular flexibility index (Phi) is 6.60. The minimum absolute atomic E-state index is 0.0996. The third kappa shape index (κ3) is 5.02. The van der Waals surface area contributed by atoms with E-state index in [0.717, 1.165) is 46.3 Å². The molecule has 1 saturated heterocycles. The number of pyridine rings is 2. The number of anilines is 1. The lowest BCUT2D eigenvalue weighted by Gasteiger charge is -2.33. The number of hydrogen-bond acceptors (Lipinski definition) is 7. The normalized spacial score (nSPS) is 14.0. The van der Waals surface area contributed by atoms with Gasteiger partial charge in [0, 0.05) is 63.2 Å². The van der Waals surface area contributed by atoms with Gasteiger partial charge in [0.05, 0.1) is 16.8 Å². The number of nitrogens with zero attached hydrogens (tertiary/aromatic N) is 5. The zero-order valence-corrected chi connectivity index (χ0v) is 19.5. The Morgan fingerprint density at radius 2 is 1.81 bits per heavy atom. The van der Waals surface area contributed by atoms with Crippen LogP contribution in [0, 0.1) is 13.8 Å². The van der Waals surface area contributed by atoms with Crippen LogP contribution in [0.15, 0.2) is 36.8 Å². The van der Waals surface area contributed by atoms with Gasteiger partial charge in [-0.15, -0.1) is 0 Å². The van der Waals surface area contributed by atoms with Gasteiger partial charge in [-0.1, -0.05) is 17.4 Å². The molecule has 3 aromatic heterocycles. The molecule has 1 aliphatic heterocycles. The van der Waals surface area contributed by atoms with E-state index in [1.807, 2.05) is 37.1 Å². The minimum Gasteiger partial charge on any atom is -0.345 e. The second-order valence-electron chi connectivity index (χ2n) is 8.12. The predicted octanol–water partition coefficient (Wildman–Crippen LogP) is 3.70. The molecule has 0 unspecified atom stereocenters. The molecule has 0 radical (unpaired) electrons. The van der Waals surface area contributed by atoms with Crippen molar-refractivity contribution in [1.29, 1.82) is 0 Å². The van der Waals surface area contributed by atoms with E-state index in [9.17, 15) is 9.59 Å². The summed E-state index contributed by atoms with van der Waals surface area (Å²) in [5.41, 5.74) is 5.10. The smallest absolute Gasteiger partial charge is 0.219 e. The molecule has 0 aliphatic carbocycles. The number of ketones is 1. The molecule has 0 bridgehead atoms. The maximum absolute atomic E-state index is 12.7. The topological polar surface area (TPSA) is 79.3 Å². The van der Waals surface area contributed by atoms with Gasteiger partial charge in [-0.3, -0.25) is 19.6 Å². The highest BCUT2D eigenvalue weighted by molar-refractivity contribution is 7.17. The first-order valence-electron chi connectivity index (χ1n) is 10.8. The Hall–Kier alpha value is -3.13. The summed E-state index contributed by atoms with van der Waals surface area (Å²) in [6.45, 7) is 8.49. The molecule has 8 heteroatoms. The highest BCUT2D eigenvalue weighted by atomic mass is 32.1. The molecule has 166 valence electrons. The van der Waals surface area contributed by atoms with E-state index in [1.165, 1.54) is 11.3 Å². The summed E-state index contributed by atoms with van der Waals surface area (Å²) in [6.07, 6.45) is 6.41. The number of piperazine rings is 1. The molecule has 7 nitrogen and oxygen atoms in total. The standard InChI is InChI=1S/C24H27N5O2S/c1-16-12-19(14-26-23(16)20-6-7-25-17(2)13-20)4-5-21(31)22-15-27-24(32-22)29-10-8-28(9-11-29)18(3)30/h6-7,12-15H,4-5,8-11H2,1-3H3. The first-order chi connectivity index (χ1) is 15.4. The second-order valence-corrected chi connectivity index (χ2v) is 9.13. The van der Waals surface area contributed by atoms with Crippen LogP contribution < -0.4 is 4.90 Å². The van der Waals surface area contributed by atoms with Crippen molar-refractivity contribution in [3.8, 4) is 11.3 Å². The van der Waals surface area contributed by atoms with Crippen LogP contribution in [0.2, 0.25) is 0 Å². The Morgan fingerprint density at radius 3 is 2.50 bits per heavy atom. The molecule has 3 aromatic rings.